The number of aromatic nitrogens is 1. The van der Waals surface area contributed by atoms with Crippen molar-refractivity contribution >= 4 is 11.6 Å². The molecular weight excluding hydrogens is 497 g/mol. The first-order valence-electron chi connectivity index (χ1n) is 14.1. The fourth-order valence-corrected chi connectivity index (χ4v) is 6.14. The highest BCUT2D eigenvalue weighted by Gasteiger charge is 2.41. The molecule has 1 amide bonds. The lowest BCUT2D eigenvalue weighted by Crippen LogP contribution is -2.62. The minimum Gasteiger partial charge on any atom is -0.390 e. The van der Waals surface area contributed by atoms with Crippen molar-refractivity contribution in [2.75, 3.05) is 57.4 Å². The zero-order chi connectivity index (χ0) is 27.7. The van der Waals surface area contributed by atoms with Gasteiger partial charge >= 0.3 is 0 Å². The van der Waals surface area contributed by atoms with Crippen LogP contribution in [0.3, 0.4) is 0 Å². The number of nitrogens with zero attached hydrogens (tertiary/aromatic N) is 4. The van der Waals surface area contributed by atoms with E-state index in [1.807, 2.05) is 11.0 Å². The molecule has 3 aliphatic rings. The molecule has 1 aromatic carbocycles. The fraction of sp³-hybridized carbons (Fsp3) is 0.600. The Bertz CT molecular complexity index is 1170. The van der Waals surface area contributed by atoms with Gasteiger partial charge in [-0.3, -0.25) is 19.6 Å². The van der Waals surface area contributed by atoms with Gasteiger partial charge in [0.15, 0.2) is 0 Å². The van der Waals surface area contributed by atoms with Crippen LogP contribution >= 0.6 is 0 Å². The summed E-state index contributed by atoms with van der Waals surface area (Å²) >= 11 is 0. The van der Waals surface area contributed by atoms with Gasteiger partial charge in [0.2, 0.25) is 5.91 Å². The Kier molecular flexibility index (Phi) is 8.35. The lowest BCUT2D eigenvalue weighted by molar-refractivity contribution is -0.121. The van der Waals surface area contributed by atoms with E-state index in [1.165, 1.54) is 12.1 Å². The second-order valence-electron chi connectivity index (χ2n) is 12.1. The molecule has 39 heavy (non-hydrogen) atoms. The fourth-order valence-electron chi connectivity index (χ4n) is 6.14. The van der Waals surface area contributed by atoms with Crippen LogP contribution in [-0.2, 0) is 28.0 Å². The Morgan fingerprint density at radius 1 is 1.23 bits per heavy atom. The number of ether oxygens (including phenoxy) is 1. The van der Waals surface area contributed by atoms with Gasteiger partial charge in [-0.05, 0) is 49.6 Å². The maximum atomic E-state index is 13.9. The van der Waals surface area contributed by atoms with Gasteiger partial charge in [0.1, 0.15) is 5.82 Å². The largest absolute Gasteiger partial charge is 0.390 e. The van der Waals surface area contributed by atoms with Gasteiger partial charge in [-0.25, -0.2) is 4.39 Å². The van der Waals surface area contributed by atoms with Gasteiger partial charge in [0.05, 0.1) is 43.4 Å². The highest BCUT2D eigenvalue weighted by Crippen LogP contribution is 2.41. The van der Waals surface area contributed by atoms with Crippen LogP contribution in [0.4, 0.5) is 10.1 Å². The second kappa shape index (κ2) is 11.6. The van der Waals surface area contributed by atoms with Crippen molar-refractivity contribution in [1.29, 1.82) is 0 Å². The van der Waals surface area contributed by atoms with Crippen molar-refractivity contribution in [3.63, 3.8) is 0 Å². The number of nitrogens with one attached hydrogen (secondary N) is 1. The number of hydrogen-bond donors (Lipinski definition) is 2. The summed E-state index contributed by atoms with van der Waals surface area (Å²) in [6, 6.07) is 9.31. The summed E-state index contributed by atoms with van der Waals surface area (Å²) in [5.41, 5.74) is 3.72. The van der Waals surface area contributed by atoms with Crippen molar-refractivity contribution in [1.82, 2.24) is 20.1 Å². The molecule has 3 atom stereocenters. The van der Waals surface area contributed by atoms with Crippen LogP contribution in [0.1, 0.15) is 50.2 Å². The van der Waals surface area contributed by atoms with Crippen LogP contribution in [0, 0.1) is 5.82 Å². The summed E-state index contributed by atoms with van der Waals surface area (Å²) in [5.74, 6) is -0.211. The van der Waals surface area contributed by atoms with Crippen molar-refractivity contribution in [3.05, 3.63) is 58.7 Å². The normalized spacial score (nSPS) is 25.6. The molecule has 1 aromatic heterocycles. The highest BCUT2D eigenvalue weighted by atomic mass is 19.1. The van der Waals surface area contributed by atoms with Crippen LogP contribution < -0.4 is 10.2 Å². The predicted molar refractivity (Wildman–Crippen MR) is 149 cm³/mol. The second-order valence-corrected chi connectivity index (χ2v) is 12.1. The van der Waals surface area contributed by atoms with Crippen molar-refractivity contribution in [2.45, 2.75) is 64.3 Å². The van der Waals surface area contributed by atoms with E-state index in [0.717, 1.165) is 61.9 Å². The molecule has 0 bridgehead atoms. The SMILES string of the molecule is CC1CN(CC(=O)N2CC(C)(C)c3nc(CO)c(Cc4ccc(F)cc4)cc32)C(CN2CCOCC2C)CN1. The number of carbonyl (C=O) groups excluding carboxylic acids is 1. The number of hydrogen-bond acceptors (Lipinski definition) is 7. The molecule has 0 spiro atoms. The number of fused-ring (bicyclic) bond motifs is 1. The lowest BCUT2D eigenvalue weighted by Gasteiger charge is -2.43. The standard InChI is InChI=1S/C30H42FN5O3/c1-20-14-35(25(13-32-20)15-34-9-10-39-18-21(34)2)16-28(38)36-19-30(3,4)29-27(36)12-23(26(17-37)33-29)11-22-5-7-24(31)8-6-22/h5-8,12,20-21,25,32,37H,9-11,13-19H2,1-4H3. The summed E-state index contributed by atoms with van der Waals surface area (Å²) in [6.45, 7) is 14.3. The summed E-state index contributed by atoms with van der Waals surface area (Å²) in [7, 11) is 0. The number of aliphatic hydroxyl groups is 1. The van der Waals surface area contributed by atoms with Gasteiger partial charge in [-0.15, -0.1) is 0 Å². The molecule has 0 aliphatic carbocycles. The van der Waals surface area contributed by atoms with Crippen molar-refractivity contribution < 1.29 is 19.0 Å². The molecule has 3 aliphatic heterocycles. The van der Waals surface area contributed by atoms with Gasteiger partial charge < -0.3 is 20.1 Å². The van der Waals surface area contributed by atoms with Crippen LogP contribution in [-0.4, -0.2) is 96.4 Å². The van der Waals surface area contributed by atoms with Gasteiger partial charge in [0.25, 0.3) is 0 Å². The quantitative estimate of drug-likeness (QED) is 0.559. The van der Waals surface area contributed by atoms with E-state index in [2.05, 4.69) is 42.8 Å². The molecule has 2 aromatic rings. The number of aliphatic hydroxyl groups excluding tert-OH is 1. The van der Waals surface area contributed by atoms with E-state index in [9.17, 15) is 14.3 Å². The van der Waals surface area contributed by atoms with Crippen molar-refractivity contribution in [3.8, 4) is 0 Å². The molecule has 2 saturated heterocycles. The first-order valence-corrected chi connectivity index (χ1v) is 14.1. The molecule has 0 saturated carbocycles. The summed E-state index contributed by atoms with van der Waals surface area (Å²) in [5, 5.41) is 13.7. The van der Waals surface area contributed by atoms with Crippen LogP contribution in [0.2, 0.25) is 0 Å². The molecule has 3 unspecified atom stereocenters. The molecular formula is C30H42FN5O3. The highest BCUT2D eigenvalue weighted by molar-refractivity contribution is 5.97. The van der Waals surface area contributed by atoms with E-state index in [-0.39, 0.29) is 29.8 Å². The zero-order valence-electron chi connectivity index (χ0n) is 23.6. The maximum absolute atomic E-state index is 13.9. The van der Waals surface area contributed by atoms with Crippen molar-refractivity contribution in [2.24, 2.45) is 0 Å². The van der Waals surface area contributed by atoms with E-state index < -0.39 is 0 Å². The Balaban J connectivity index is 1.37. The number of rotatable bonds is 7. The summed E-state index contributed by atoms with van der Waals surface area (Å²) < 4.78 is 19.1. The predicted octanol–water partition coefficient (Wildman–Crippen LogP) is 2.31. The molecule has 5 rings (SSSR count). The van der Waals surface area contributed by atoms with E-state index in [0.29, 0.717) is 37.3 Å². The Morgan fingerprint density at radius 3 is 2.72 bits per heavy atom. The lowest BCUT2D eigenvalue weighted by atomic mass is 9.90. The molecule has 2 fully saturated rings. The van der Waals surface area contributed by atoms with Gasteiger partial charge in [-0.2, -0.15) is 0 Å². The number of pyridine rings is 1. The van der Waals surface area contributed by atoms with Gasteiger partial charge in [-0.1, -0.05) is 26.0 Å². The molecule has 9 heteroatoms. The average molecular weight is 540 g/mol. The number of carbonyl (C=O) groups is 1. The topological polar surface area (TPSA) is 81.2 Å². The van der Waals surface area contributed by atoms with E-state index in [4.69, 9.17) is 9.72 Å². The van der Waals surface area contributed by atoms with Crippen LogP contribution in [0.25, 0.3) is 0 Å². The molecule has 4 heterocycles. The molecule has 0 radical (unpaired) electrons. The third-order valence-corrected chi connectivity index (χ3v) is 8.43. The van der Waals surface area contributed by atoms with Gasteiger partial charge in [0, 0.05) is 56.3 Å². The van der Waals surface area contributed by atoms with E-state index in [1.54, 1.807) is 12.1 Å². The summed E-state index contributed by atoms with van der Waals surface area (Å²) in [6.07, 6.45) is 0.508. The number of piperazine rings is 1. The number of benzene rings is 1. The first kappa shape index (κ1) is 28.1. The molecule has 2 N–H and O–H groups in total. The average Bonchev–Trinajstić information content (AvgIpc) is 3.17. The van der Waals surface area contributed by atoms with E-state index >= 15 is 0 Å². The first-order chi connectivity index (χ1) is 18.6. The number of halogens is 1. The smallest absolute Gasteiger partial charge is 0.241 e. The maximum Gasteiger partial charge on any atom is 0.241 e. The number of anilines is 1. The number of morpholine rings is 1. The Labute approximate surface area is 231 Å². The van der Waals surface area contributed by atoms with Crippen LogP contribution in [0.15, 0.2) is 30.3 Å². The van der Waals surface area contributed by atoms with Crippen LogP contribution in [0.5, 0.6) is 0 Å². The molecule has 212 valence electrons. The zero-order valence-corrected chi connectivity index (χ0v) is 23.6. The third-order valence-electron chi connectivity index (χ3n) is 8.43. The summed E-state index contributed by atoms with van der Waals surface area (Å²) in [4.78, 5) is 25.5. The third kappa shape index (κ3) is 6.18. The minimum atomic E-state index is -0.331. The monoisotopic (exact) mass is 539 g/mol. The molecule has 8 nitrogen and oxygen atoms in total. The Hall–Kier alpha value is -2.43. The number of amides is 1. The minimum absolute atomic E-state index is 0.0715. The Morgan fingerprint density at radius 2 is 2.00 bits per heavy atom.